The van der Waals surface area contributed by atoms with E-state index in [1.807, 2.05) is 25.1 Å². The van der Waals surface area contributed by atoms with Crippen LogP contribution in [0.25, 0.3) is 10.9 Å². The second kappa shape index (κ2) is 6.04. The van der Waals surface area contributed by atoms with E-state index in [2.05, 4.69) is 10.3 Å². The molecule has 2 N–H and O–H groups in total. The Bertz CT molecular complexity index is 930. The Hall–Kier alpha value is -2.95. The van der Waals surface area contributed by atoms with Gasteiger partial charge in [0.15, 0.2) is 0 Å². The number of pyridine rings is 1. The molecule has 3 rings (SSSR count). The summed E-state index contributed by atoms with van der Waals surface area (Å²) >= 11 is 0. The molecule has 0 unspecified atom stereocenters. The van der Waals surface area contributed by atoms with Crippen molar-refractivity contribution in [2.24, 2.45) is 0 Å². The molecular weight excluding hydrogens is 295 g/mol. The topological polar surface area (TPSA) is 62.0 Å². The number of aromatic amines is 1. The zero-order valence-corrected chi connectivity index (χ0v) is 12.5. The summed E-state index contributed by atoms with van der Waals surface area (Å²) in [6, 6.07) is 12.8. The van der Waals surface area contributed by atoms with Gasteiger partial charge in [-0.2, -0.15) is 0 Å². The minimum atomic E-state index is -0.400. The first-order valence-electron chi connectivity index (χ1n) is 7.20. The molecule has 0 aliphatic heterocycles. The average Bonchev–Trinajstić information content (AvgIpc) is 2.54. The summed E-state index contributed by atoms with van der Waals surface area (Å²) in [7, 11) is 0. The number of fused-ring (bicyclic) bond motifs is 1. The summed E-state index contributed by atoms with van der Waals surface area (Å²) in [5.41, 5.74) is 2.37. The third kappa shape index (κ3) is 3.13. The van der Waals surface area contributed by atoms with Gasteiger partial charge in [-0.05, 0) is 48.2 Å². The van der Waals surface area contributed by atoms with E-state index >= 15 is 0 Å². The molecule has 1 amide bonds. The van der Waals surface area contributed by atoms with Crippen molar-refractivity contribution < 1.29 is 9.18 Å². The van der Waals surface area contributed by atoms with Gasteiger partial charge in [-0.15, -0.1) is 0 Å². The number of H-pyrrole nitrogens is 1. The van der Waals surface area contributed by atoms with E-state index < -0.39 is 5.82 Å². The highest BCUT2D eigenvalue weighted by atomic mass is 19.1. The standard InChI is InChI=1S/C18H15FN2O2/c1-11-3-2-4-13-9-14(18(23)21-16(11)13)10-20-17(22)12-5-7-15(19)8-6-12/h2-9H,10H2,1H3,(H,20,22)(H,21,23). The number of halogens is 1. The summed E-state index contributed by atoms with van der Waals surface area (Å²) in [5.74, 6) is -0.753. The molecule has 3 aromatic rings. The maximum atomic E-state index is 12.9. The molecule has 0 aliphatic carbocycles. The molecule has 0 aliphatic rings. The first-order valence-corrected chi connectivity index (χ1v) is 7.20. The summed E-state index contributed by atoms with van der Waals surface area (Å²) < 4.78 is 12.9. The van der Waals surface area contributed by atoms with Gasteiger partial charge >= 0.3 is 0 Å². The minimum Gasteiger partial charge on any atom is -0.348 e. The summed E-state index contributed by atoms with van der Waals surface area (Å²) in [5, 5.41) is 3.59. The molecule has 0 radical (unpaired) electrons. The molecule has 0 bridgehead atoms. The lowest BCUT2D eigenvalue weighted by molar-refractivity contribution is 0.0951. The third-order valence-electron chi connectivity index (χ3n) is 3.71. The van der Waals surface area contributed by atoms with Crippen molar-refractivity contribution in [1.82, 2.24) is 10.3 Å². The smallest absolute Gasteiger partial charge is 0.253 e. The zero-order chi connectivity index (χ0) is 16.4. The van der Waals surface area contributed by atoms with Crippen LogP contribution < -0.4 is 10.9 Å². The lowest BCUT2D eigenvalue weighted by Gasteiger charge is -2.07. The molecule has 2 aromatic carbocycles. The van der Waals surface area contributed by atoms with Crippen molar-refractivity contribution in [2.75, 3.05) is 0 Å². The van der Waals surface area contributed by atoms with Gasteiger partial charge < -0.3 is 10.3 Å². The highest BCUT2D eigenvalue weighted by Crippen LogP contribution is 2.15. The maximum absolute atomic E-state index is 12.9. The number of aromatic nitrogens is 1. The summed E-state index contributed by atoms with van der Waals surface area (Å²) in [6.45, 7) is 2.03. The van der Waals surface area contributed by atoms with E-state index in [1.54, 1.807) is 6.07 Å². The monoisotopic (exact) mass is 310 g/mol. The number of hydrogen-bond donors (Lipinski definition) is 2. The van der Waals surface area contributed by atoms with Gasteiger partial charge in [-0.25, -0.2) is 4.39 Å². The fraction of sp³-hybridized carbons (Fsp3) is 0.111. The average molecular weight is 310 g/mol. The van der Waals surface area contributed by atoms with Gasteiger partial charge in [0.2, 0.25) is 0 Å². The Labute approximate surface area is 132 Å². The van der Waals surface area contributed by atoms with Gasteiger partial charge in [-0.1, -0.05) is 18.2 Å². The quantitative estimate of drug-likeness (QED) is 0.781. The van der Waals surface area contributed by atoms with Crippen LogP contribution in [0.15, 0.2) is 53.3 Å². The number of carbonyl (C=O) groups excluding carboxylic acids is 1. The number of benzene rings is 2. The van der Waals surface area contributed by atoms with Crippen molar-refractivity contribution in [3.05, 3.63) is 81.4 Å². The fourth-order valence-corrected chi connectivity index (χ4v) is 2.44. The van der Waals surface area contributed by atoms with Crippen LogP contribution in [0.5, 0.6) is 0 Å². The van der Waals surface area contributed by atoms with E-state index in [4.69, 9.17) is 0 Å². The lowest BCUT2D eigenvalue weighted by atomic mass is 10.1. The van der Waals surface area contributed by atoms with Gasteiger partial charge in [0.1, 0.15) is 5.82 Å². The van der Waals surface area contributed by atoms with Gasteiger partial charge in [0.05, 0.1) is 5.52 Å². The van der Waals surface area contributed by atoms with Crippen molar-refractivity contribution in [3.8, 4) is 0 Å². The van der Waals surface area contributed by atoms with E-state index in [-0.39, 0.29) is 18.0 Å². The SMILES string of the molecule is Cc1cccc2cc(CNC(=O)c3ccc(F)cc3)c(=O)[nH]c12. The Morgan fingerprint density at radius 2 is 1.91 bits per heavy atom. The predicted octanol–water partition coefficient (Wildman–Crippen LogP) is 2.91. The van der Waals surface area contributed by atoms with Crippen molar-refractivity contribution in [3.63, 3.8) is 0 Å². The molecule has 0 atom stereocenters. The van der Waals surface area contributed by atoms with Crippen LogP contribution in [0.1, 0.15) is 21.5 Å². The van der Waals surface area contributed by atoms with Crippen LogP contribution in [-0.4, -0.2) is 10.9 Å². The number of hydrogen-bond acceptors (Lipinski definition) is 2. The van der Waals surface area contributed by atoms with Crippen LogP contribution in [0.4, 0.5) is 4.39 Å². The first kappa shape index (κ1) is 15.0. The Balaban J connectivity index is 1.82. The lowest BCUT2D eigenvalue weighted by Crippen LogP contribution is -2.26. The van der Waals surface area contributed by atoms with Crippen LogP contribution in [0.3, 0.4) is 0 Å². The molecular formula is C18H15FN2O2. The van der Waals surface area contributed by atoms with Crippen LogP contribution in [0, 0.1) is 12.7 Å². The summed E-state index contributed by atoms with van der Waals surface area (Å²) in [6.07, 6.45) is 0. The first-order chi connectivity index (χ1) is 11.0. The molecule has 0 fully saturated rings. The van der Waals surface area contributed by atoms with E-state index in [0.717, 1.165) is 16.5 Å². The molecule has 1 aromatic heterocycles. The van der Waals surface area contributed by atoms with E-state index in [9.17, 15) is 14.0 Å². The van der Waals surface area contributed by atoms with Crippen LogP contribution in [-0.2, 0) is 6.54 Å². The van der Waals surface area contributed by atoms with Crippen LogP contribution in [0.2, 0.25) is 0 Å². The van der Waals surface area contributed by atoms with Gasteiger partial charge in [0.25, 0.3) is 11.5 Å². The molecule has 0 spiro atoms. The van der Waals surface area contributed by atoms with E-state index in [1.165, 1.54) is 24.3 Å². The van der Waals surface area contributed by atoms with Crippen molar-refractivity contribution in [2.45, 2.75) is 13.5 Å². The number of rotatable bonds is 3. The Morgan fingerprint density at radius 1 is 1.17 bits per heavy atom. The summed E-state index contributed by atoms with van der Waals surface area (Å²) in [4.78, 5) is 27.0. The number of para-hydroxylation sites is 1. The molecule has 4 nitrogen and oxygen atoms in total. The number of amides is 1. The molecule has 1 heterocycles. The normalized spacial score (nSPS) is 10.7. The Morgan fingerprint density at radius 3 is 2.65 bits per heavy atom. The highest BCUT2D eigenvalue weighted by Gasteiger charge is 2.08. The second-order valence-corrected chi connectivity index (χ2v) is 5.35. The van der Waals surface area contributed by atoms with E-state index in [0.29, 0.717) is 11.1 Å². The van der Waals surface area contributed by atoms with Crippen molar-refractivity contribution >= 4 is 16.8 Å². The molecule has 116 valence electrons. The highest BCUT2D eigenvalue weighted by molar-refractivity contribution is 5.94. The van der Waals surface area contributed by atoms with Gasteiger partial charge in [0, 0.05) is 17.7 Å². The van der Waals surface area contributed by atoms with Crippen molar-refractivity contribution in [1.29, 1.82) is 0 Å². The number of aryl methyl sites for hydroxylation is 1. The largest absolute Gasteiger partial charge is 0.348 e. The van der Waals surface area contributed by atoms with Crippen LogP contribution >= 0.6 is 0 Å². The molecule has 0 saturated heterocycles. The third-order valence-corrected chi connectivity index (χ3v) is 3.71. The zero-order valence-electron chi connectivity index (χ0n) is 12.5. The predicted molar refractivity (Wildman–Crippen MR) is 86.9 cm³/mol. The molecule has 5 heteroatoms. The maximum Gasteiger partial charge on any atom is 0.253 e. The molecule has 0 saturated carbocycles. The van der Waals surface area contributed by atoms with Gasteiger partial charge in [-0.3, -0.25) is 9.59 Å². The number of nitrogens with one attached hydrogen (secondary N) is 2. The second-order valence-electron chi connectivity index (χ2n) is 5.35. The Kier molecular flexibility index (Phi) is 3.93. The molecule has 23 heavy (non-hydrogen) atoms. The minimum absolute atomic E-state index is 0.107. The fourth-order valence-electron chi connectivity index (χ4n) is 2.44. The number of carbonyl (C=O) groups is 1.